The van der Waals surface area contributed by atoms with E-state index in [0.29, 0.717) is 6.04 Å². The molecule has 0 unspecified atom stereocenters. The van der Waals surface area contributed by atoms with Crippen molar-refractivity contribution in [3.8, 4) is 0 Å². The first kappa shape index (κ1) is 16.0. The van der Waals surface area contributed by atoms with Crippen LogP contribution in [0.25, 0.3) is 0 Å². The Morgan fingerprint density at radius 3 is 2.52 bits per heavy atom. The standard InChI is InChI=1S/C16H26N4S/c1-10-8-14(13(4)21-10)11(2)17-9-15-12(3)18-20(7)16(15)19(5)6/h8,11,17H,9H2,1-7H3/t11-/m1/s1. The quantitative estimate of drug-likeness (QED) is 0.920. The van der Waals surface area contributed by atoms with Crippen LogP contribution >= 0.6 is 11.3 Å². The Morgan fingerprint density at radius 2 is 2.00 bits per heavy atom. The number of hydrogen-bond acceptors (Lipinski definition) is 4. The molecular weight excluding hydrogens is 280 g/mol. The van der Waals surface area contributed by atoms with Gasteiger partial charge in [0.1, 0.15) is 5.82 Å². The molecule has 0 saturated heterocycles. The second-order valence-corrected chi connectivity index (χ2v) is 7.34. The maximum absolute atomic E-state index is 4.54. The van der Waals surface area contributed by atoms with Crippen LogP contribution in [0.5, 0.6) is 0 Å². The van der Waals surface area contributed by atoms with E-state index in [4.69, 9.17) is 0 Å². The molecule has 2 rings (SSSR count). The Labute approximate surface area is 131 Å². The van der Waals surface area contributed by atoms with Gasteiger partial charge in [0.15, 0.2) is 0 Å². The summed E-state index contributed by atoms with van der Waals surface area (Å²) in [4.78, 5) is 4.91. The molecule has 0 aliphatic rings. The molecular formula is C16H26N4S. The Morgan fingerprint density at radius 1 is 1.33 bits per heavy atom. The maximum atomic E-state index is 4.54. The van der Waals surface area contributed by atoms with Crippen LogP contribution in [0.3, 0.4) is 0 Å². The predicted molar refractivity (Wildman–Crippen MR) is 91.3 cm³/mol. The average Bonchev–Trinajstić information content (AvgIpc) is 2.85. The monoisotopic (exact) mass is 306 g/mol. The van der Waals surface area contributed by atoms with E-state index in [2.05, 4.69) is 63.2 Å². The highest BCUT2D eigenvalue weighted by Gasteiger charge is 2.17. The number of anilines is 1. The SMILES string of the molecule is Cc1cc([C@@H](C)NCc2c(C)nn(C)c2N(C)C)c(C)s1. The minimum atomic E-state index is 0.351. The van der Waals surface area contributed by atoms with Gasteiger partial charge in [-0.2, -0.15) is 5.10 Å². The van der Waals surface area contributed by atoms with Crippen LogP contribution in [0.4, 0.5) is 5.82 Å². The molecule has 0 radical (unpaired) electrons. The molecule has 1 N–H and O–H groups in total. The fourth-order valence-corrected chi connectivity index (χ4v) is 3.92. The number of thiophene rings is 1. The fraction of sp³-hybridized carbons (Fsp3) is 0.562. The summed E-state index contributed by atoms with van der Waals surface area (Å²) in [6.45, 7) is 9.52. The number of aryl methyl sites for hydroxylation is 4. The summed E-state index contributed by atoms with van der Waals surface area (Å²) in [6, 6.07) is 2.64. The molecule has 116 valence electrons. The summed E-state index contributed by atoms with van der Waals surface area (Å²) in [5.41, 5.74) is 3.78. The number of aromatic nitrogens is 2. The lowest BCUT2D eigenvalue weighted by atomic mass is 10.1. The molecule has 0 amide bonds. The molecule has 1 atom stereocenters. The summed E-state index contributed by atoms with van der Waals surface area (Å²) in [5.74, 6) is 1.17. The molecule has 0 aliphatic carbocycles. The van der Waals surface area contributed by atoms with Crippen LogP contribution in [-0.2, 0) is 13.6 Å². The summed E-state index contributed by atoms with van der Waals surface area (Å²) >= 11 is 1.87. The summed E-state index contributed by atoms with van der Waals surface area (Å²) in [7, 11) is 6.13. The van der Waals surface area contributed by atoms with Gasteiger partial charge in [-0.05, 0) is 39.3 Å². The van der Waals surface area contributed by atoms with E-state index >= 15 is 0 Å². The van der Waals surface area contributed by atoms with Crippen molar-refractivity contribution >= 4 is 17.2 Å². The zero-order valence-corrected chi connectivity index (χ0v) is 14.9. The Kier molecular flexibility index (Phi) is 4.74. The van der Waals surface area contributed by atoms with Gasteiger partial charge in [0.05, 0.1) is 5.69 Å². The summed E-state index contributed by atoms with van der Waals surface area (Å²) in [5, 5.41) is 8.19. The number of hydrogen-bond donors (Lipinski definition) is 1. The molecule has 21 heavy (non-hydrogen) atoms. The topological polar surface area (TPSA) is 33.1 Å². The zero-order chi connectivity index (χ0) is 15.7. The average molecular weight is 306 g/mol. The Hall–Kier alpha value is -1.33. The number of rotatable bonds is 5. The molecule has 0 aromatic carbocycles. The molecule has 0 fully saturated rings. The van der Waals surface area contributed by atoms with E-state index in [0.717, 1.165) is 12.2 Å². The summed E-state index contributed by atoms with van der Waals surface area (Å²) < 4.78 is 1.96. The summed E-state index contributed by atoms with van der Waals surface area (Å²) in [6.07, 6.45) is 0. The third-order valence-corrected chi connectivity index (χ3v) is 4.85. The van der Waals surface area contributed by atoms with E-state index in [9.17, 15) is 0 Å². The van der Waals surface area contributed by atoms with E-state index in [-0.39, 0.29) is 0 Å². The van der Waals surface area contributed by atoms with Gasteiger partial charge in [-0.15, -0.1) is 11.3 Å². The molecule has 0 aliphatic heterocycles. The first-order valence-corrected chi connectivity index (χ1v) is 8.13. The number of nitrogens with zero attached hydrogens (tertiary/aromatic N) is 3. The molecule has 2 heterocycles. The smallest absolute Gasteiger partial charge is 0.130 e. The Balaban J connectivity index is 2.15. The van der Waals surface area contributed by atoms with Gasteiger partial charge in [-0.1, -0.05) is 0 Å². The molecule has 0 bridgehead atoms. The van der Waals surface area contributed by atoms with Gasteiger partial charge in [0.2, 0.25) is 0 Å². The molecule has 4 nitrogen and oxygen atoms in total. The van der Waals surface area contributed by atoms with Crippen molar-refractivity contribution in [1.29, 1.82) is 0 Å². The zero-order valence-electron chi connectivity index (χ0n) is 14.1. The van der Waals surface area contributed by atoms with Crippen molar-refractivity contribution in [3.63, 3.8) is 0 Å². The van der Waals surface area contributed by atoms with Crippen LogP contribution in [0, 0.1) is 20.8 Å². The highest BCUT2D eigenvalue weighted by molar-refractivity contribution is 7.12. The van der Waals surface area contributed by atoms with Crippen molar-refractivity contribution in [1.82, 2.24) is 15.1 Å². The number of nitrogens with one attached hydrogen (secondary N) is 1. The van der Waals surface area contributed by atoms with Crippen molar-refractivity contribution in [2.75, 3.05) is 19.0 Å². The normalized spacial score (nSPS) is 12.7. The van der Waals surface area contributed by atoms with Gasteiger partial charge < -0.3 is 10.2 Å². The fourth-order valence-electron chi connectivity index (χ4n) is 2.90. The molecule has 0 saturated carbocycles. The predicted octanol–water partition coefficient (Wildman–Crippen LogP) is 3.32. The van der Waals surface area contributed by atoms with Crippen LogP contribution in [-0.4, -0.2) is 23.9 Å². The lowest BCUT2D eigenvalue weighted by molar-refractivity contribution is 0.572. The molecule has 2 aromatic rings. The lowest BCUT2D eigenvalue weighted by Crippen LogP contribution is -2.21. The van der Waals surface area contributed by atoms with Gasteiger partial charge in [0.25, 0.3) is 0 Å². The largest absolute Gasteiger partial charge is 0.363 e. The minimum Gasteiger partial charge on any atom is -0.363 e. The third-order valence-electron chi connectivity index (χ3n) is 3.87. The first-order valence-electron chi connectivity index (χ1n) is 7.31. The maximum Gasteiger partial charge on any atom is 0.130 e. The molecule has 5 heteroatoms. The van der Waals surface area contributed by atoms with Crippen molar-refractivity contribution in [2.24, 2.45) is 7.05 Å². The molecule has 0 spiro atoms. The second-order valence-electron chi connectivity index (χ2n) is 5.88. The van der Waals surface area contributed by atoms with E-state index < -0.39 is 0 Å². The van der Waals surface area contributed by atoms with E-state index in [1.54, 1.807) is 0 Å². The van der Waals surface area contributed by atoms with Gasteiger partial charge in [-0.3, -0.25) is 4.68 Å². The van der Waals surface area contributed by atoms with Crippen molar-refractivity contribution in [2.45, 2.75) is 40.3 Å². The van der Waals surface area contributed by atoms with E-state index in [1.807, 2.05) is 23.1 Å². The van der Waals surface area contributed by atoms with Gasteiger partial charge in [0, 0.05) is 49.0 Å². The minimum absolute atomic E-state index is 0.351. The lowest BCUT2D eigenvalue weighted by Gasteiger charge is -2.18. The van der Waals surface area contributed by atoms with Crippen LogP contribution in [0.1, 0.15) is 39.5 Å². The van der Waals surface area contributed by atoms with Crippen LogP contribution in [0.2, 0.25) is 0 Å². The van der Waals surface area contributed by atoms with Crippen molar-refractivity contribution < 1.29 is 0 Å². The molecule has 2 aromatic heterocycles. The highest BCUT2D eigenvalue weighted by atomic mass is 32.1. The van der Waals surface area contributed by atoms with Gasteiger partial charge >= 0.3 is 0 Å². The second kappa shape index (κ2) is 6.20. The van der Waals surface area contributed by atoms with Crippen molar-refractivity contribution in [3.05, 3.63) is 32.6 Å². The Bertz CT molecular complexity index is 625. The van der Waals surface area contributed by atoms with E-state index in [1.165, 1.54) is 26.7 Å². The van der Waals surface area contributed by atoms with Crippen LogP contribution in [0.15, 0.2) is 6.07 Å². The third kappa shape index (κ3) is 3.30. The van der Waals surface area contributed by atoms with Crippen LogP contribution < -0.4 is 10.2 Å². The first-order chi connectivity index (χ1) is 9.81. The highest BCUT2D eigenvalue weighted by Crippen LogP contribution is 2.27. The van der Waals surface area contributed by atoms with Gasteiger partial charge in [-0.25, -0.2) is 0 Å².